The minimum atomic E-state index is -1.95. The zero-order valence-electron chi connectivity index (χ0n) is 18.8. The monoisotopic (exact) mass is 513 g/mol. The molecule has 1 saturated heterocycles. The molecule has 2 aliphatic rings. The molecule has 12 heteroatoms. The number of anilines is 2. The van der Waals surface area contributed by atoms with Crippen LogP contribution in [0, 0.1) is 11.6 Å². The molecule has 186 valence electrons. The van der Waals surface area contributed by atoms with Crippen molar-refractivity contribution in [2.75, 3.05) is 24.2 Å². The minimum Gasteiger partial charge on any atom is -0.356 e. The smallest absolute Gasteiger partial charge is 0.257 e. The summed E-state index contributed by atoms with van der Waals surface area (Å²) in [6, 6.07) is 10.2. The van der Waals surface area contributed by atoms with Gasteiger partial charge in [0.25, 0.3) is 5.91 Å². The number of benzene rings is 2. The summed E-state index contributed by atoms with van der Waals surface area (Å²) < 4.78 is 28.7. The molecule has 4 N–H and O–H groups in total. The Kier molecular flexibility index (Phi) is 6.33. The Morgan fingerprint density at radius 3 is 2.53 bits per heavy atom. The number of carbonyl (C=O) groups excluding carboxylic acids is 2. The maximum Gasteiger partial charge on any atom is 0.257 e. The molecule has 2 amide bonds. The summed E-state index contributed by atoms with van der Waals surface area (Å²) in [5.74, 6) is -1.93. The van der Waals surface area contributed by atoms with Gasteiger partial charge >= 0.3 is 0 Å². The van der Waals surface area contributed by atoms with Crippen LogP contribution in [0.25, 0.3) is 11.4 Å². The zero-order chi connectivity index (χ0) is 25.4. The van der Waals surface area contributed by atoms with Gasteiger partial charge in [-0.05, 0) is 29.8 Å². The quantitative estimate of drug-likeness (QED) is 0.383. The summed E-state index contributed by atoms with van der Waals surface area (Å²) >= 11 is 0.989. The molecule has 0 bridgehead atoms. The van der Waals surface area contributed by atoms with Crippen LogP contribution in [0.4, 0.5) is 20.3 Å². The maximum absolute atomic E-state index is 14.4. The average Bonchev–Trinajstić information content (AvgIpc) is 3.20. The van der Waals surface area contributed by atoms with Crippen molar-refractivity contribution in [3.8, 4) is 11.4 Å². The molecule has 2 aliphatic heterocycles. The number of aromatic nitrogens is 2. The predicted molar refractivity (Wildman–Crippen MR) is 128 cm³/mol. The molecule has 36 heavy (non-hydrogen) atoms. The van der Waals surface area contributed by atoms with E-state index in [1.807, 2.05) is 0 Å². The van der Waals surface area contributed by atoms with Gasteiger partial charge in [0.1, 0.15) is 23.0 Å². The number of thioether (sulfide) groups is 1. The van der Waals surface area contributed by atoms with Crippen molar-refractivity contribution >= 4 is 35.1 Å². The number of fused-ring (bicyclic) bond motifs is 1. The summed E-state index contributed by atoms with van der Waals surface area (Å²) in [7, 11) is 0. The molecule has 2 aromatic carbocycles. The Morgan fingerprint density at radius 1 is 1.11 bits per heavy atom. The molecule has 0 atom stereocenters. The lowest BCUT2D eigenvalue weighted by atomic mass is 10.1. The highest BCUT2D eigenvalue weighted by Gasteiger charge is 2.34. The number of hydrogen-bond donors (Lipinski definition) is 4. The number of amides is 2. The number of aliphatic hydroxyl groups is 2. The van der Waals surface area contributed by atoms with E-state index in [2.05, 4.69) is 20.6 Å². The average molecular weight is 514 g/mol. The Morgan fingerprint density at radius 2 is 1.83 bits per heavy atom. The van der Waals surface area contributed by atoms with Gasteiger partial charge in [-0.2, -0.15) is 0 Å². The number of nitrogens with zero attached hydrogens (tertiary/aromatic N) is 3. The van der Waals surface area contributed by atoms with E-state index in [-0.39, 0.29) is 48.2 Å². The van der Waals surface area contributed by atoms with Gasteiger partial charge in [-0.25, -0.2) is 18.7 Å². The van der Waals surface area contributed by atoms with Gasteiger partial charge < -0.3 is 25.7 Å². The van der Waals surface area contributed by atoms with Crippen LogP contribution in [0.3, 0.4) is 0 Å². The fraction of sp³-hybridized carbons (Fsp3) is 0.250. The standard InChI is InChI=1S/C24H21F2N5O4S/c25-15-2-1-3-16(26)19(15)21-29-17-11-27-23(33)20(17)22(30-21)28-14-6-4-13(5-7-14)10-18(32)31-8-9-36-24(34,35)12-31/h1-7,34-35H,8-12H2,(H,27,33)(H,28,29,30). The first-order valence-electron chi connectivity index (χ1n) is 11.1. The lowest BCUT2D eigenvalue weighted by molar-refractivity contribution is -0.142. The Balaban J connectivity index is 1.37. The van der Waals surface area contributed by atoms with Gasteiger partial charge in [0.15, 0.2) is 5.82 Å². The van der Waals surface area contributed by atoms with E-state index in [1.165, 1.54) is 11.0 Å². The molecule has 5 rings (SSSR count). The molecule has 0 spiro atoms. The first kappa shape index (κ1) is 24.1. The number of halogens is 2. The molecule has 0 radical (unpaired) electrons. The van der Waals surface area contributed by atoms with E-state index in [1.54, 1.807) is 24.3 Å². The topological polar surface area (TPSA) is 128 Å². The highest BCUT2D eigenvalue weighted by molar-refractivity contribution is 8.00. The SMILES string of the molecule is O=C1NCc2nc(-c3c(F)cccc3F)nc(Nc3ccc(CC(=O)N4CCSC(O)(O)C4)cc3)c21. The fourth-order valence-electron chi connectivity index (χ4n) is 4.07. The van der Waals surface area contributed by atoms with Crippen LogP contribution < -0.4 is 10.6 Å². The van der Waals surface area contributed by atoms with Gasteiger partial charge in [0, 0.05) is 18.0 Å². The Labute approximate surface area is 208 Å². The Bertz CT molecular complexity index is 1330. The highest BCUT2D eigenvalue weighted by atomic mass is 32.2. The third-order valence-corrected chi connectivity index (χ3v) is 6.81. The molecular formula is C24H21F2N5O4S. The first-order chi connectivity index (χ1) is 17.2. The molecule has 3 aromatic rings. The van der Waals surface area contributed by atoms with Crippen molar-refractivity contribution in [2.45, 2.75) is 18.1 Å². The maximum atomic E-state index is 14.4. The number of nitrogens with one attached hydrogen (secondary N) is 2. The van der Waals surface area contributed by atoms with Crippen LogP contribution in [0.1, 0.15) is 21.6 Å². The number of hydrogen-bond acceptors (Lipinski definition) is 8. The van der Waals surface area contributed by atoms with E-state index < -0.39 is 22.7 Å². The molecule has 0 aliphatic carbocycles. The van der Waals surface area contributed by atoms with Crippen LogP contribution in [0.2, 0.25) is 0 Å². The highest BCUT2D eigenvalue weighted by Crippen LogP contribution is 2.31. The Hall–Kier alpha value is -3.61. The third-order valence-electron chi connectivity index (χ3n) is 5.83. The van der Waals surface area contributed by atoms with Crippen LogP contribution in [-0.2, 0) is 17.8 Å². The number of β-amino-alcohol motifs (C(OH)–C–C–N with tert-alkyl or cyclic N) is 2. The van der Waals surface area contributed by atoms with Crippen LogP contribution in [0.15, 0.2) is 42.5 Å². The van der Waals surface area contributed by atoms with E-state index >= 15 is 0 Å². The minimum absolute atomic E-state index is 0.0725. The van der Waals surface area contributed by atoms with Gasteiger partial charge in [0.2, 0.25) is 11.0 Å². The van der Waals surface area contributed by atoms with E-state index in [4.69, 9.17) is 0 Å². The second kappa shape index (κ2) is 9.45. The molecule has 3 heterocycles. The molecule has 1 aromatic heterocycles. The van der Waals surface area contributed by atoms with Crippen LogP contribution in [-0.4, -0.2) is 60.9 Å². The molecular weight excluding hydrogens is 492 g/mol. The number of rotatable bonds is 5. The van der Waals surface area contributed by atoms with E-state index in [0.717, 1.165) is 23.9 Å². The van der Waals surface area contributed by atoms with E-state index in [9.17, 15) is 28.6 Å². The van der Waals surface area contributed by atoms with Crippen LogP contribution in [0.5, 0.6) is 0 Å². The summed E-state index contributed by atoms with van der Waals surface area (Å²) in [5, 5.41) is 23.3. The van der Waals surface area contributed by atoms with Crippen molar-refractivity contribution in [1.29, 1.82) is 0 Å². The van der Waals surface area contributed by atoms with Crippen molar-refractivity contribution in [3.63, 3.8) is 0 Å². The van der Waals surface area contributed by atoms with Gasteiger partial charge in [0.05, 0.1) is 30.8 Å². The van der Waals surface area contributed by atoms with Gasteiger partial charge in [-0.3, -0.25) is 9.59 Å². The predicted octanol–water partition coefficient (Wildman–Crippen LogP) is 2.17. The third kappa shape index (κ3) is 4.87. The second-order valence-corrected chi connectivity index (χ2v) is 9.75. The summed E-state index contributed by atoms with van der Waals surface area (Å²) in [4.78, 5) is 34.8. The normalized spacial score (nSPS) is 16.4. The molecule has 0 saturated carbocycles. The van der Waals surface area contributed by atoms with Crippen molar-refractivity contribution in [2.24, 2.45) is 0 Å². The van der Waals surface area contributed by atoms with Gasteiger partial charge in [-0.15, -0.1) is 0 Å². The molecule has 9 nitrogen and oxygen atoms in total. The number of carbonyl (C=O) groups is 2. The fourth-order valence-corrected chi connectivity index (χ4v) is 4.96. The second-order valence-electron chi connectivity index (χ2n) is 8.40. The first-order valence-corrected chi connectivity index (χ1v) is 12.0. The van der Waals surface area contributed by atoms with Crippen molar-refractivity contribution in [1.82, 2.24) is 20.2 Å². The van der Waals surface area contributed by atoms with Crippen molar-refractivity contribution < 1.29 is 28.6 Å². The summed E-state index contributed by atoms with van der Waals surface area (Å²) in [6.45, 7) is 0.368. The van der Waals surface area contributed by atoms with Gasteiger partial charge in [-0.1, -0.05) is 30.0 Å². The molecule has 0 unspecified atom stereocenters. The summed E-state index contributed by atoms with van der Waals surface area (Å²) in [6.07, 6.45) is 0.0725. The zero-order valence-corrected chi connectivity index (χ0v) is 19.6. The largest absolute Gasteiger partial charge is 0.356 e. The van der Waals surface area contributed by atoms with E-state index in [0.29, 0.717) is 29.2 Å². The molecule has 1 fully saturated rings. The van der Waals surface area contributed by atoms with Crippen LogP contribution >= 0.6 is 11.8 Å². The lowest BCUT2D eigenvalue weighted by Crippen LogP contribution is -2.49. The lowest BCUT2D eigenvalue weighted by Gasteiger charge is -2.34. The van der Waals surface area contributed by atoms with Crippen molar-refractivity contribution in [3.05, 3.63) is 70.9 Å². The summed E-state index contributed by atoms with van der Waals surface area (Å²) in [5.41, 5.74) is 1.36.